The summed E-state index contributed by atoms with van der Waals surface area (Å²) in [4.78, 5) is 37.1. The van der Waals surface area contributed by atoms with E-state index in [1.54, 1.807) is 0 Å². The highest BCUT2D eigenvalue weighted by molar-refractivity contribution is 7.89. The van der Waals surface area contributed by atoms with Crippen LogP contribution in [0.1, 0.15) is 24.5 Å². The number of aliphatic carboxylic acids is 1. The summed E-state index contributed by atoms with van der Waals surface area (Å²) in [6.07, 6.45) is -4.09. The Bertz CT molecular complexity index is 1430. The number of hydrogen-bond acceptors (Lipinski definition) is 6. The lowest BCUT2D eigenvalue weighted by Gasteiger charge is -2.39. The minimum atomic E-state index is -5.00. The van der Waals surface area contributed by atoms with E-state index < -0.39 is 76.3 Å². The molecule has 0 radical (unpaired) electrons. The molecular weight excluding hydrogens is 593 g/mol. The van der Waals surface area contributed by atoms with Crippen molar-refractivity contribution in [3.8, 4) is 5.75 Å². The zero-order chi connectivity index (χ0) is 31.3. The zero-order valence-corrected chi connectivity index (χ0v) is 22.8. The van der Waals surface area contributed by atoms with Gasteiger partial charge in [-0.3, -0.25) is 9.59 Å². The number of carboxylic acid groups (broad SMARTS) is 1. The van der Waals surface area contributed by atoms with Crippen LogP contribution in [-0.4, -0.2) is 72.6 Å². The van der Waals surface area contributed by atoms with Crippen LogP contribution in [0, 0.1) is 0 Å². The predicted octanol–water partition coefficient (Wildman–Crippen LogP) is 3.25. The Morgan fingerprint density at radius 1 is 1.00 bits per heavy atom. The van der Waals surface area contributed by atoms with E-state index in [0.717, 1.165) is 39.5 Å². The molecular formula is C26H26F5N3O7S. The largest absolute Gasteiger partial charge is 0.573 e. The van der Waals surface area contributed by atoms with E-state index >= 15 is 0 Å². The maximum Gasteiger partial charge on any atom is 0.573 e. The summed E-state index contributed by atoms with van der Waals surface area (Å²) >= 11 is 0. The highest BCUT2D eigenvalue weighted by Crippen LogP contribution is 2.31. The molecule has 2 amide bonds. The molecule has 0 aliphatic carbocycles. The summed E-state index contributed by atoms with van der Waals surface area (Å²) in [5.74, 6) is -6.77. The van der Waals surface area contributed by atoms with Crippen molar-refractivity contribution < 1.29 is 54.6 Å². The molecule has 3 rings (SSSR count). The van der Waals surface area contributed by atoms with Crippen LogP contribution in [0.4, 0.5) is 22.0 Å². The van der Waals surface area contributed by atoms with Crippen LogP contribution < -0.4 is 10.1 Å². The van der Waals surface area contributed by atoms with Gasteiger partial charge in [-0.2, -0.15) is 4.31 Å². The molecule has 2 aromatic rings. The standard InChI is InChI=1S/C26H26F5N3O7S/c1-2-25(27,28)18-5-3-17(4-6-18)15-32-24(38)21-16-33(22(35)11-12-23(36)37)13-14-34(21)42(39,40)20-9-7-19(8-10-20)41-26(29,30)31/h3-12,21H,2,13-16H2,1H3,(H,32,38)(H,36,37)/b12-11+/t21-/m1/s1. The van der Waals surface area contributed by atoms with Crippen molar-refractivity contribution in [1.82, 2.24) is 14.5 Å². The van der Waals surface area contributed by atoms with Gasteiger partial charge < -0.3 is 20.1 Å². The number of benzene rings is 2. The van der Waals surface area contributed by atoms with Crippen molar-refractivity contribution in [3.63, 3.8) is 0 Å². The summed E-state index contributed by atoms with van der Waals surface area (Å²) in [7, 11) is -4.50. The number of piperazine rings is 1. The zero-order valence-electron chi connectivity index (χ0n) is 22.0. The van der Waals surface area contributed by atoms with Gasteiger partial charge in [-0.05, 0) is 29.8 Å². The van der Waals surface area contributed by atoms with Crippen LogP contribution in [0.2, 0.25) is 0 Å². The number of carbonyl (C=O) groups excluding carboxylic acids is 2. The summed E-state index contributed by atoms with van der Waals surface area (Å²) in [6, 6.07) is 6.92. The third kappa shape index (κ3) is 8.25. The second-order valence-corrected chi connectivity index (χ2v) is 11.0. The van der Waals surface area contributed by atoms with Crippen LogP contribution in [0.5, 0.6) is 5.75 Å². The number of hydrogen-bond donors (Lipinski definition) is 2. The summed E-state index contributed by atoms with van der Waals surface area (Å²) in [5, 5.41) is 11.3. The molecule has 2 N–H and O–H groups in total. The summed E-state index contributed by atoms with van der Waals surface area (Å²) in [5.41, 5.74) is 0.196. The number of nitrogens with one attached hydrogen (secondary N) is 1. The van der Waals surface area contributed by atoms with Gasteiger partial charge in [0.05, 0.1) is 4.90 Å². The van der Waals surface area contributed by atoms with Crippen LogP contribution in [0.25, 0.3) is 0 Å². The van der Waals surface area contributed by atoms with E-state index in [0.29, 0.717) is 11.6 Å². The van der Waals surface area contributed by atoms with Gasteiger partial charge in [-0.25, -0.2) is 22.0 Å². The van der Waals surface area contributed by atoms with E-state index in [1.807, 2.05) is 0 Å². The van der Waals surface area contributed by atoms with Crippen LogP contribution in [0.3, 0.4) is 0 Å². The first-order valence-electron chi connectivity index (χ1n) is 12.4. The predicted molar refractivity (Wildman–Crippen MR) is 137 cm³/mol. The van der Waals surface area contributed by atoms with Gasteiger partial charge in [-0.1, -0.05) is 31.2 Å². The first-order chi connectivity index (χ1) is 19.5. The fourth-order valence-corrected chi connectivity index (χ4v) is 5.61. The van der Waals surface area contributed by atoms with E-state index in [4.69, 9.17) is 5.11 Å². The molecule has 1 aliphatic heterocycles. The molecule has 1 fully saturated rings. The normalized spacial score (nSPS) is 16.8. The SMILES string of the molecule is CCC(F)(F)c1ccc(CNC(=O)[C@H]2CN(C(=O)/C=C/C(=O)O)CCN2S(=O)(=O)c2ccc(OC(F)(F)F)cc2)cc1. The lowest BCUT2D eigenvalue weighted by molar-refractivity contribution is -0.274. The minimum Gasteiger partial charge on any atom is -0.478 e. The Morgan fingerprint density at radius 2 is 1.62 bits per heavy atom. The fraction of sp³-hybridized carbons (Fsp3) is 0.346. The van der Waals surface area contributed by atoms with Gasteiger partial charge in [0.15, 0.2) is 0 Å². The maximum absolute atomic E-state index is 13.9. The Kier molecular flexibility index (Phi) is 9.94. The fourth-order valence-electron chi connectivity index (χ4n) is 4.04. The van der Waals surface area contributed by atoms with Gasteiger partial charge in [0, 0.05) is 50.3 Å². The molecule has 10 nitrogen and oxygen atoms in total. The molecule has 1 heterocycles. The average molecular weight is 620 g/mol. The first kappa shape index (κ1) is 32.5. The Morgan fingerprint density at radius 3 is 2.17 bits per heavy atom. The number of sulfonamides is 1. The summed E-state index contributed by atoms with van der Waals surface area (Å²) in [6.45, 7) is 0.0272. The molecule has 0 aromatic heterocycles. The average Bonchev–Trinajstić information content (AvgIpc) is 2.93. The lowest BCUT2D eigenvalue weighted by Crippen LogP contribution is -2.61. The van der Waals surface area contributed by atoms with Gasteiger partial charge in [0.1, 0.15) is 11.8 Å². The smallest absolute Gasteiger partial charge is 0.478 e. The number of carbonyl (C=O) groups is 3. The van der Waals surface area contributed by atoms with E-state index in [9.17, 15) is 44.8 Å². The number of ether oxygens (including phenoxy) is 1. The molecule has 0 spiro atoms. The summed E-state index contributed by atoms with van der Waals surface area (Å²) < 4.78 is 96.7. The van der Waals surface area contributed by atoms with Crippen LogP contribution >= 0.6 is 0 Å². The van der Waals surface area contributed by atoms with Crippen molar-refractivity contribution >= 4 is 27.8 Å². The number of alkyl halides is 5. The van der Waals surface area contributed by atoms with E-state index in [1.165, 1.54) is 31.2 Å². The molecule has 1 saturated heterocycles. The molecule has 0 unspecified atom stereocenters. The Hall–Kier alpha value is -4.05. The van der Waals surface area contributed by atoms with Crippen LogP contribution in [0.15, 0.2) is 65.6 Å². The molecule has 2 aromatic carbocycles. The monoisotopic (exact) mass is 619 g/mol. The van der Waals surface area contributed by atoms with E-state index in [-0.39, 0.29) is 18.7 Å². The van der Waals surface area contributed by atoms with Crippen molar-refractivity contribution in [3.05, 3.63) is 71.8 Å². The van der Waals surface area contributed by atoms with Gasteiger partial charge in [0.25, 0.3) is 5.92 Å². The third-order valence-electron chi connectivity index (χ3n) is 6.27. The van der Waals surface area contributed by atoms with Crippen molar-refractivity contribution in [2.45, 2.75) is 43.1 Å². The molecule has 1 atom stereocenters. The minimum absolute atomic E-state index is 0.183. The number of nitrogens with zero attached hydrogens (tertiary/aromatic N) is 2. The second kappa shape index (κ2) is 12.9. The quantitative estimate of drug-likeness (QED) is 0.308. The number of amides is 2. The lowest BCUT2D eigenvalue weighted by atomic mass is 10.0. The number of carboxylic acids is 1. The Balaban J connectivity index is 1.84. The second-order valence-electron chi connectivity index (χ2n) is 9.08. The molecule has 228 valence electrons. The number of halogens is 5. The van der Waals surface area contributed by atoms with E-state index in [2.05, 4.69) is 10.1 Å². The van der Waals surface area contributed by atoms with Crippen molar-refractivity contribution in [2.75, 3.05) is 19.6 Å². The van der Waals surface area contributed by atoms with Gasteiger partial charge in [-0.15, -0.1) is 13.2 Å². The molecule has 16 heteroatoms. The first-order valence-corrected chi connectivity index (χ1v) is 13.8. The number of rotatable bonds is 10. The van der Waals surface area contributed by atoms with Gasteiger partial charge >= 0.3 is 12.3 Å². The topological polar surface area (TPSA) is 133 Å². The van der Waals surface area contributed by atoms with Gasteiger partial charge in [0.2, 0.25) is 21.8 Å². The maximum atomic E-state index is 13.9. The highest BCUT2D eigenvalue weighted by atomic mass is 32.2. The van der Waals surface area contributed by atoms with Crippen LogP contribution in [-0.2, 0) is 36.9 Å². The third-order valence-corrected chi connectivity index (χ3v) is 8.19. The molecule has 42 heavy (non-hydrogen) atoms. The highest BCUT2D eigenvalue weighted by Gasteiger charge is 2.41. The molecule has 0 saturated carbocycles. The van der Waals surface area contributed by atoms with Crippen molar-refractivity contribution in [1.29, 1.82) is 0 Å². The molecule has 0 bridgehead atoms. The molecule has 1 aliphatic rings. The van der Waals surface area contributed by atoms with Crippen molar-refractivity contribution in [2.24, 2.45) is 0 Å². The Labute approximate surface area is 237 Å².